The van der Waals surface area contributed by atoms with Crippen molar-refractivity contribution in [3.05, 3.63) is 70.8 Å². The van der Waals surface area contributed by atoms with Crippen LogP contribution in [0.2, 0.25) is 0 Å². The van der Waals surface area contributed by atoms with Gasteiger partial charge in [0.2, 0.25) is 0 Å². The third kappa shape index (κ3) is 3.17. The number of carbonyl (C=O) groups is 1. The van der Waals surface area contributed by atoms with E-state index in [0.717, 1.165) is 34.6 Å². The summed E-state index contributed by atoms with van der Waals surface area (Å²) < 4.78 is 11.2. The summed E-state index contributed by atoms with van der Waals surface area (Å²) >= 11 is 0. The number of allylic oxidation sites excluding steroid dienone is 1. The summed E-state index contributed by atoms with van der Waals surface area (Å²) in [6.45, 7) is 6.39. The molecule has 0 saturated carbocycles. The van der Waals surface area contributed by atoms with Gasteiger partial charge in [-0.2, -0.15) is 0 Å². The summed E-state index contributed by atoms with van der Waals surface area (Å²) in [5, 5.41) is 6.09. The Bertz CT molecular complexity index is 1290. The normalized spacial score (nSPS) is 19.3. The molecule has 0 amide bonds. The molecule has 0 bridgehead atoms. The van der Waals surface area contributed by atoms with Gasteiger partial charge in [-0.05, 0) is 64.4 Å². The van der Waals surface area contributed by atoms with E-state index in [-0.39, 0.29) is 17.2 Å². The Morgan fingerprint density at radius 1 is 1.00 bits per heavy atom. The van der Waals surface area contributed by atoms with Gasteiger partial charge in [0.1, 0.15) is 0 Å². The van der Waals surface area contributed by atoms with E-state index in [1.54, 1.807) is 14.2 Å². The van der Waals surface area contributed by atoms with Gasteiger partial charge >= 0.3 is 0 Å². The first kappa shape index (κ1) is 20.6. The Hall–Kier alpha value is -3.27. The molecule has 0 saturated heterocycles. The second-order valence-corrected chi connectivity index (χ2v) is 9.69. The highest BCUT2D eigenvalue weighted by Crippen LogP contribution is 2.52. The van der Waals surface area contributed by atoms with Crippen LogP contribution in [0.15, 0.2) is 54.1 Å². The van der Waals surface area contributed by atoms with E-state index in [0.29, 0.717) is 12.2 Å². The highest BCUT2D eigenvalue weighted by molar-refractivity contribution is 6.12. The number of ketones is 1. The van der Waals surface area contributed by atoms with Crippen molar-refractivity contribution in [3.63, 3.8) is 0 Å². The van der Waals surface area contributed by atoms with Crippen LogP contribution in [0.25, 0.3) is 16.3 Å². The van der Waals surface area contributed by atoms with Gasteiger partial charge in [-0.25, -0.2) is 0 Å². The van der Waals surface area contributed by atoms with Crippen molar-refractivity contribution in [2.75, 3.05) is 19.5 Å². The van der Waals surface area contributed by atoms with Crippen molar-refractivity contribution >= 4 is 27.8 Å². The maximum atomic E-state index is 13.6. The molecule has 1 atom stereocenters. The average Bonchev–Trinajstić information content (AvgIpc) is 2.76. The number of Topliss-reactive ketones (excluding diaryl/α,β-unsaturated/α-hetero) is 1. The number of hydrogen-bond donors (Lipinski definition) is 1. The lowest BCUT2D eigenvalue weighted by atomic mass is 9.68. The maximum absolute atomic E-state index is 13.6. The van der Waals surface area contributed by atoms with Crippen LogP contribution in [0, 0.1) is 12.3 Å². The van der Waals surface area contributed by atoms with Crippen LogP contribution in [0.3, 0.4) is 0 Å². The monoisotopic (exact) mass is 427 g/mol. The molecular formula is C28H29NO3. The second kappa shape index (κ2) is 7.40. The van der Waals surface area contributed by atoms with Gasteiger partial charge in [-0.15, -0.1) is 0 Å². The number of methoxy groups -OCH3 is 2. The van der Waals surface area contributed by atoms with E-state index < -0.39 is 0 Å². The van der Waals surface area contributed by atoms with Gasteiger partial charge in [-0.3, -0.25) is 4.79 Å². The van der Waals surface area contributed by atoms with E-state index in [2.05, 4.69) is 61.6 Å². The molecule has 4 nitrogen and oxygen atoms in total. The molecule has 164 valence electrons. The molecule has 32 heavy (non-hydrogen) atoms. The molecule has 5 rings (SSSR count). The van der Waals surface area contributed by atoms with Crippen molar-refractivity contribution in [1.82, 2.24) is 0 Å². The van der Waals surface area contributed by atoms with Crippen molar-refractivity contribution in [2.45, 2.75) is 39.7 Å². The Kier molecular flexibility index (Phi) is 4.77. The predicted octanol–water partition coefficient (Wildman–Crippen LogP) is 6.47. The van der Waals surface area contributed by atoms with E-state index in [1.807, 2.05) is 13.0 Å². The fourth-order valence-corrected chi connectivity index (χ4v) is 5.44. The zero-order valence-electron chi connectivity index (χ0n) is 19.3. The summed E-state index contributed by atoms with van der Waals surface area (Å²) in [4.78, 5) is 13.6. The quantitative estimate of drug-likeness (QED) is 0.520. The lowest BCUT2D eigenvalue weighted by molar-refractivity contribution is -0.118. The minimum atomic E-state index is -0.222. The van der Waals surface area contributed by atoms with E-state index in [4.69, 9.17) is 9.47 Å². The van der Waals surface area contributed by atoms with Crippen molar-refractivity contribution in [2.24, 2.45) is 5.41 Å². The molecule has 1 unspecified atom stereocenters. The molecule has 0 aromatic heterocycles. The summed E-state index contributed by atoms with van der Waals surface area (Å²) in [7, 11) is 3.30. The standard InChI is InChI=1S/C28H29NO3/c1-16-12-18(13-23(31-4)27(16)32-5)26-25-20(14-28(2,3)15-22(25)30)24-19-9-7-6-8-17(19)10-11-21(24)29-26/h6-13,26,29H,14-15H2,1-5H3. The van der Waals surface area contributed by atoms with Crippen LogP contribution >= 0.6 is 0 Å². The number of nitrogens with one attached hydrogen (secondary N) is 1. The highest BCUT2D eigenvalue weighted by atomic mass is 16.5. The zero-order chi connectivity index (χ0) is 22.6. The van der Waals surface area contributed by atoms with Crippen LogP contribution in [-0.4, -0.2) is 20.0 Å². The molecule has 1 heterocycles. The molecule has 3 aromatic rings. The predicted molar refractivity (Wildman–Crippen MR) is 130 cm³/mol. The van der Waals surface area contributed by atoms with Gasteiger partial charge in [0.25, 0.3) is 0 Å². The lowest BCUT2D eigenvalue weighted by Crippen LogP contribution is -2.33. The molecule has 2 aliphatic rings. The van der Waals surface area contributed by atoms with Crippen LogP contribution in [0.4, 0.5) is 5.69 Å². The molecule has 4 heteroatoms. The molecule has 1 aliphatic heterocycles. The van der Waals surface area contributed by atoms with Crippen molar-refractivity contribution in [3.8, 4) is 11.5 Å². The largest absolute Gasteiger partial charge is 0.493 e. The van der Waals surface area contributed by atoms with Gasteiger partial charge in [0.15, 0.2) is 17.3 Å². The van der Waals surface area contributed by atoms with Gasteiger partial charge in [0, 0.05) is 23.2 Å². The Morgan fingerprint density at radius 2 is 1.78 bits per heavy atom. The molecule has 1 aliphatic carbocycles. The second-order valence-electron chi connectivity index (χ2n) is 9.69. The third-order valence-electron chi connectivity index (χ3n) is 6.76. The molecule has 3 aromatic carbocycles. The van der Waals surface area contributed by atoms with Gasteiger partial charge < -0.3 is 14.8 Å². The molecule has 1 N–H and O–H groups in total. The number of aryl methyl sites for hydroxylation is 1. The smallest absolute Gasteiger partial charge is 0.163 e. The minimum Gasteiger partial charge on any atom is -0.493 e. The first-order valence-corrected chi connectivity index (χ1v) is 11.1. The van der Waals surface area contributed by atoms with Crippen molar-refractivity contribution in [1.29, 1.82) is 0 Å². The topological polar surface area (TPSA) is 47.6 Å². The van der Waals surface area contributed by atoms with Crippen molar-refractivity contribution < 1.29 is 14.3 Å². The van der Waals surface area contributed by atoms with Crippen LogP contribution < -0.4 is 14.8 Å². The zero-order valence-corrected chi connectivity index (χ0v) is 19.3. The number of hydrogen-bond acceptors (Lipinski definition) is 4. The Labute approximate surface area is 189 Å². The van der Waals surface area contributed by atoms with Crippen LogP contribution in [0.5, 0.6) is 11.5 Å². The SMILES string of the molecule is COc1cc(C2Nc3ccc4ccccc4c3C3=C2C(=O)CC(C)(C)C3)cc(C)c1OC. The summed E-state index contributed by atoms with van der Waals surface area (Å²) in [6, 6.07) is 16.6. The molecule has 0 spiro atoms. The third-order valence-corrected chi connectivity index (χ3v) is 6.76. The maximum Gasteiger partial charge on any atom is 0.163 e. The number of carbonyl (C=O) groups excluding carboxylic acids is 1. The van der Waals surface area contributed by atoms with Gasteiger partial charge in [-0.1, -0.05) is 44.2 Å². The Morgan fingerprint density at radius 3 is 2.53 bits per heavy atom. The van der Waals surface area contributed by atoms with Crippen LogP contribution in [-0.2, 0) is 4.79 Å². The number of rotatable bonds is 3. The first-order chi connectivity index (χ1) is 15.3. The fourth-order valence-electron chi connectivity index (χ4n) is 5.44. The minimum absolute atomic E-state index is 0.0699. The number of anilines is 1. The lowest BCUT2D eigenvalue weighted by Gasteiger charge is -2.40. The van der Waals surface area contributed by atoms with Crippen LogP contribution in [0.1, 0.15) is 49.4 Å². The molecule has 0 fully saturated rings. The average molecular weight is 428 g/mol. The number of ether oxygens (including phenoxy) is 2. The first-order valence-electron chi connectivity index (χ1n) is 11.1. The summed E-state index contributed by atoms with van der Waals surface area (Å²) in [5.41, 5.74) is 6.24. The van der Waals surface area contributed by atoms with E-state index >= 15 is 0 Å². The number of fused-ring (bicyclic) bond motifs is 4. The van der Waals surface area contributed by atoms with E-state index in [9.17, 15) is 4.79 Å². The summed E-state index contributed by atoms with van der Waals surface area (Å²) in [6.07, 6.45) is 1.43. The van der Waals surface area contributed by atoms with E-state index in [1.165, 1.54) is 21.9 Å². The fraction of sp³-hybridized carbons (Fsp3) is 0.321. The molecular weight excluding hydrogens is 398 g/mol. The van der Waals surface area contributed by atoms with Gasteiger partial charge in [0.05, 0.1) is 20.3 Å². The Balaban J connectivity index is 1.78. The summed E-state index contributed by atoms with van der Waals surface area (Å²) in [5.74, 6) is 1.63. The number of benzene rings is 3. The highest BCUT2D eigenvalue weighted by Gasteiger charge is 2.41. The molecule has 0 radical (unpaired) electrons.